The number of phosphoric acid groups is 2. The Morgan fingerprint density at radius 1 is 0.290 bits per heavy atom. The minimum absolute atomic E-state index is 0.104. The molecule has 0 spiro atoms. The highest BCUT2D eigenvalue weighted by Crippen LogP contribution is 2.45. The van der Waals surface area contributed by atoms with Gasteiger partial charge >= 0.3 is 39.5 Å². The fourth-order valence-corrected chi connectivity index (χ4v) is 12.9. The van der Waals surface area contributed by atoms with Gasteiger partial charge in [-0.2, -0.15) is 0 Å². The molecule has 19 heteroatoms. The quantitative estimate of drug-likeness (QED) is 0.0222. The summed E-state index contributed by atoms with van der Waals surface area (Å²) in [5.74, 6) is -0.644. The van der Waals surface area contributed by atoms with Gasteiger partial charge in [-0.15, -0.1) is 0 Å². The van der Waals surface area contributed by atoms with E-state index in [1.54, 1.807) is 0 Å². The third-order valence-corrected chi connectivity index (χ3v) is 19.1. The van der Waals surface area contributed by atoms with Crippen LogP contribution in [0.2, 0.25) is 0 Å². The van der Waals surface area contributed by atoms with Gasteiger partial charge in [0, 0.05) is 25.7 Å². The standard InChI is InChI=1S/C74H144O17P2/c1-7-9-11-13-15-17-18-19-20-21-22-23-24-25-30-34-40-46-52-58-73(78)90-69(62-85-72(77)57-51-45-39-33-29-27-26-28-32-36-42-48-54-66(3)4)64-88-92(80,81)86-60-68(75)61-87-93(82,83)89-65-70(63-84-71(76)56-50-44-38-31-16-14-12-10-8-2)91-74(79)59-53-47-41-35-37-43-49-55-67(5)6/h66-70,75H,7-65H2,1-6H3,(H,80,81)(H,82,83)/t68-,69-,70-/m1/s1. The van der Waals surface area contributed by atoms with Crippen molar-refractivity contribution >= 4 is 39.5 Å². The predicted octanol–water partition coefficient (Wildman–Crippen LogP) is 21.6. The number of carbonyl (C=O) groups is 4. The molecule has 2 unspecified atom stereocenters. The van der Waals surface area contributed by atoms with E-state index in [9.17, 15) is 43.2 Å². The fourth-order valence-electron chi connectivity index (χ4n) is 11.3. The van der Waals surface area contributed by atoms with Gasteiger partial charge in [0.25, 0.3) is 0 Å². The molecule has 0 radical (unpaired) electrons. The number of hydrogen-bond acceptors (Lipinski definition) is 15. The normalized spacial score (nSPS) is 14.1. The fraction of sp³-hybridized carbons (Fsp3) is 0.946. The van der Waals surface area contributed by atoms with E-state index in [2.05, 4.69) is 41.5 Å². The lowest BCUT2D eigenvalue weighted by atomic mass is 10.0. The number of esters is 4. The first-order valence-electron chi connectivity index (χ1n) is 38.5. The van der Waals surface area contributed by atoms with E-state index >= 15 is 0 Å². The van der Waals surface area contributed by atoms with E-state index in [4.69, 9.17) is 37.0 Å². The maximum atomic E-state index is 13.1. The van der Waals surface area contributed by atoms with Crippen molar-refractivity contribution in [2.75, 3.05) is 39.6 Å². The van der Waals surface area contributed by atoms with Gasteiger partial charge in [0.1, 0.15) is 19.3 Å². The summed E-state index contributed by atoms with van der Waals surface area (Å²) in [7, 11) is -9.90. The molecule has 0 aromatic carbocycles. The maximum absolute atomic E-state index is 13.1. The van der Waals surface area contributed by atoms with Gasteiger partial charge in [-0.25, -0.2) is 9.13 Å². The summed E-state index contributed by atoms with van der Waals surface area (Å²) in [4.78, 5) is 72.6. The van der Waals surface area contributed by atoms with Crippen LogP contribution in [0.3, 0.4) is 0 Å². The van der Waals surface area contributed by atoms with Gasteiger partial charge in [-0.1, -0.05) is 330 Å². The van der Waals surface area contributed by atoms with Gasteiger partial charge in [0.05, 0.1) is 26.4 Å². The molecular weight excluding hydrogens is 1220 g/mol. The minimum Gasteiger partial charge on any atom is -0.462 e. The van der Waals surface area contributed by atoms with Crippen molar-refractivity contribution in [1.29, 1.82) is 0 Å². The van der Waals surface area contributed by atoms with Gasteiger partial charge in [-0.05, 0) is 37.5 Å². The molecule has 93 heavy (non-hydrogen) atoms. The molecule has 0 aliphatic rings. The Kier molecular flexibility index (Phi) is 64.6. The van der Waals surface area contributed by atoms with E-state index in [0.717, 1.165) is 95.8 Å². The molecule has 0 saturated heterocycles. The summed E-state index contributed by atoms with van der Waals surface area (Å²) in [6, 6.07) is 0. The molecule has 3 N–H and O–H groups in total. The van der Waals surface area contributed by atoms with E-state index in [1.807, 2.05) is 0 Å². The largest absolute Gasteiger partial charge is 0.472 e. The number of aliphatic hydroxyl groups is 1. The molecule has 0 saturated carbocycles. The van der Waals surface area contributed by atoms with Crippen LogP contribution in [0, 0.1) is 11.8 Å². The molecule has 0 aromatic rings. The summed E-state index contributed by atoms with van der Waals surface area (Å²) >= 11 is 0. The van der Waals surface area contributed by atoms with Crippen LogP contribution in [0.1, 0.15) is 382 Å². The van der Waals surface area contributed by atoms with Gasteiger partial charge in [0.15, 0.2) is 12.2 Å². The molecular formula is C74H144O17P2. The van der Waals surface area contributed by atoms with Crippen LogP contribution in [0.25, 0.3) is 0 Å². The number of hydrogen-bond donors (Lipinski definition) is 3. The number of aliphatic hydroxyl groups excluding tert-OH is 1. The summed E-state index contributed by atoms with van der Waals surface area (Å²) in [6.45, 7) is 9.51. The topological polar surface area (TPSA) is 237 Å². The molecule has 0 aromatic heterocycles. The first kappa shape index (κ1) is 91.1. The summed E-state index contributed by atoms with van der Waals surface area (Å²) in [5, 5.41) is 10.6. The highest BCUT2D eigenvalue weighted by Gasteiger charge is 2.30. The van der Waals surface area contributed by atoms with E-state index < -0.39 is 97.5 Å². The van der Waals surface area contributed by atoms with Crippen molar-refractivity contribution in [3.8, 4) is 0 Å². The Balaban J connectivity index is 5.20. The van der Waals surface area contributed by atoms with E-state index in [1.165, 1.54) is 199 Å². The summed E-state index contributed by atoms with van der Waals surface area (Å²) in [5.41, 5.74) is 0. The summed E-state index contributed by atoms with van der Waals surface area (Å²) in [6.07, 6.45) is 52.9. The zero-order valence-corrected chi connectivity index (χ0v) is 62.3. The van der Waals surface area contributed by atoms with Crippen LogP contribution in [0.4, 0.5) is 0 Å². The maximum Gasteiger partial charge on any atom is 0.472 e. The lowest BCUT2D eigenvalue weighted by Crippen LogP contribution is -2.30. The molecule has 0 aliphatic heterocycles. The van der Waals surface area contributed by atoms with E-state index in [-0.39, 0.29) is 25.7 Å². The molecule has 552 valence electrons. The lowest BCUT2D eigenvalue weighted by Gasteiger charge is -2.21. The average Bonchev–Trinajstić information content (AvgIpc) is 2.33. The van der Waals surface area contributed by atoms with Crippen LogP contribution in [-0.4, -0.2) is 96.7 Å². The van der Waals surface area contributed by atoms with Crippen molar-refractivity contribution < 1.29 is 80.2 Å². The highest BCUT2D eigenvalue weighted by molar-refractivity contribution is 7.47. The first-order chi connectivity index (χ1) is 44.9. The Morgan fingerprint density at radius 3 is 0.731 bits per heavy atom. The van der Waals surface area contributed by atoms with Crippen molar-refractivity contribution in [3.05, 3.63) is 0 Å². The van der Waals surface area contributed by atoms with Gasteiger partial charge in [-0.3, -0.25) is 37.3 Å². The van der Waals surface area contributed by atoms with Crippen LogP contribution < -0.4 is 0 Å². The Labute approximate surface area is 568 Å². The van der Waals surface area contributed by atoms with Crippen LogP contribution in [0.5, 0.6) is 0 Å². The molecule has 0 heterocycles. The molecule has 0 amide bonds. The monoisotopic (exact) mass is 1370 g/mol. The van der Waals surface area contributed by atoms with Crippen molar-refractivity contribution in [2.45, 2.75) is 400 Å². The second-order valence-electron chi connectivity index (χ2n) is 27.6. The molecule has 0 rings (SSSR count). The SMILES string of the molecule is CCCCCCCCCCCCCCCCCCCCCC(=O)O[C@H](COC(=O)CCCCCCCCCCCCCCC(C)C)COP(=O)(O)OC[C@@H](O)COP(=O)(O)OC[C@@H](COC(=O)CCCCCCCCCCC)OC(=O)CCCCCCCCCC(C)C. The number of ether oxygens (including phenoxy) is 4. The average molecular weight is 1370 g/mol. The third kappa shape index (κ3) is 68.4. The zero-order chi connectivity index (χ0) is 68.6. The van der Waals surface area contributed by atoms with Crippen molar-refractivity contribution in [1.82, 2.24) is 0 Å². The predicted molar refractivity (Wildman–Crippen MR) is 377 cm³/mol. The number of carbonyl (C=O) groups excluding carboxylic acids is 4. The van der Waals surface area contributed by atoms with Crippen LogP contribution in [-0.2, 0) is 65.4 Å². The Hall–Kier alpha value is -1.94. The second kappa shape index (κ2) is 66.0. The van der Waals surface area contributed by atoms with Gasteiger partial charge < -0.3 is 33.8 Å². The van der Waals surface area contributed by atoms with Gasteiger partial charge in [0.2, 0.25) is 0 Å². The molecule has 0 bridgehead atoms. The molecule has 5 atom stereocenters. The Bertz CT molecular complexity index is 1800. The first-order valence-corrected chi connectivity index (χ1v) is 41.5. The summed E-state index contributed by atoms with van der Waals surface area (Å²) < 4.78 is 68.4. The number of phosphoric ester groups is 2. The van der Waals surface area contributed by atoms with Crippen LogP contribution in [0.15, 0.2) is 0 Å². The number of rotatable bonds is 73. The van der Waals surface area contributed by atoms with Crippen LogP contribution >= 0.6 is 15.6 Å². The second-order valence-corrected chi connectivity index (χ2v) is 30.5. The van der Waals surface area contributed by atoms with Crippen molar-refractivity contribution in [2.24, 2.45) is 11.8 Å². The third-order valence-electron chi connectivity index (χ3n) is 17.2. The van der Waals surface area contributed by atoms with E-state index in [0.29, 0.717) is 31.6 Å². The Morgan fingerprint density at radius 2 is 0.495 bits per heavy atom. The lowest BCUT2D eigenvalue weighted by molar-refractivity contribution is -0.161. The minimum atomic E-state index is -4.96. The molecule has 0 fully saturated rings. The molecule has 0 aliphatic carbocycles. The van der Waals surface area contributed by atoms with Crippen molar-refractivity contribution in [3.63, 3.8) is 0 Å². The highest BCUT2D eigenvalue weighted by atomic mass is 31.2. The zero-order valence-electron chi connectivity index (χ0n) is 60.6. The number of unbranched alkanes of at least 4 members (excludes halogenated alkanes) is 43. The molecule has 17 nitrogen and oxygen atoms in total. The smallest absolute Gasteiger partial charge is 0.462 e.